The van der Waals surface area contributed by atoms with Gasteiger partial charge >= 0.3 is 0 Å². The number of carbonyl (C=O) groups is 2. The lowest BCUT2D eigenvalue weighted by molar-refractivity contribution is -0.140. The van der Waals surface area contributed by atoms with Crippen molar-refractivity contribution in [2.75, 3.05) is 26.2 Å². The van der Waals surface area contributed by atoms with Crippen molar-refractivity contribution in [2.45, 2.75) is 43.9 Å². The van der Waals surface area contributed by atoms with Crippen molar-refractivity contribution in [2.24, 2.45) is 5.73 Å². The summed E-state index contributed by atoms with van der Waals surface area (Å²) in [4.78, 5) is 27.9. The van der Waals surface area contributed by atoms with Gasteiger partial charge in [0, 0.05) is 32.6 Å². The van der Waals surface area contributed by atoms with Crippen LogP contribution >= 0.6 is 0 Å². The third-order valence-electron chi connectivity index (χ3n) is 5.80. The Hall–Kier alpha value is -1.92. The van der Waals surface area contributed by atoms with Gasteiger partial charge in [-0.15, -0.1) is 0 Å². The number of nitrogens with zero attached hydrogens (tertiary/aromatic N) is 2. The van der Waals surface area contributed by atoms with E-state index in [2.05, 4.69) is 18.2 Å². The maximum Gasteiger partial charge on any atom is 0.241 e. The van der Waals surface area contributed by atoms with E-state index in [4.69, 9.17) is 10.5 Å². The summed E-state index contributed by atoms with van der Waals surface area (Å²) in [6.07, 6.45) is 3.03. The van der Waals surface area contributed by atoms with Crippen LogP contribution in [0.3, 0.4) is 0 Å². The summed E-state index contributed by atoms with van der Waals surface area (Å²) in [5.74, 6) is 0.0534. The molecule has 0 aromatic heterocycles. The molecule has 2 fully saturated rings. The molecule has 2 N–H and O–H groups in total. The highest BCUT2D eigenvalue weighted by Crippen LogP contribution is 2.43. The Labute approximate surface area is 147 Å². The molecule has 1 aromatic carbocycles. The second kappa shape index (κ2) is 6.42. The molecule has 0 unspecified atom stereocenters. The van der Waals surface area contributed by atoms with Gasteiger partial charge in [0.15, 0.2) is 0 Å². The quantitative estimate of drug-likeness (QED) is 0.888. The van der Waals surface area contributed by atoms with Gasteiger partial charge in [0.2, 0.25) is 11.8 Å². The van der Waals surface area contributed by atoms with Crippen LogP contribution in [0.1, 0.15) is 36.8 Å². The van der Waals surface area contributed by atoms with Crippen LogP contribution in [-0.2, 0) is 26.5 Å². The second-order valence-electron chi connectivity index (χ2n) is 7.32. The van der Waals surface area contributed by atoms with Crippen LogP contribution in [0, 0.1) is 0 Å². The van der Waals surface area contributed by atoms with Crippen LogP contribution in [-0.4, -0.2) is 53.8 Å². The maximum absolute atomic E-state index is 12.7. The standard InChI is InChI=1S/C19H25N3O3/c20-16(12-22-9-3-6-17(22)23)18(24)21-10-7-19(8-11-21)15-5-2-1-4-14(15)13-25-19/h1-2,4-5,16H,3,6-13,20H2/t16-/m0/s1. The molecule has 2 amide bonds. The fourth-order valence-electron chi connectivity index (χ4n) is 4.33. The van der Waals surface area contributed by atoms with Crippen molar-refractivity contribution in [3.8, 4) is 0 Å². The fourth-order valence-corrected chi connectivity index (χ4v) is 4.33. The van der Waals surface area contributed by atoms with E-state index < -0.39 is 6.04 Å². The molecule has 0 radical (unpaired) electrons. The fraction of sp³-hybridized carbons (Fsp3) is 0.579. The van der Waals surface area contributed by atoms with Crippen molar-refractivity contribution in [1.29, 1.82) is 0 Å². The van der Waals surface area contributed by atoms with Crippen LogP contribution in [0.4, 0.5) is 0 Å². The van der Waals surface area contributed by atoms with Gasteiger partial charge in [0.25, 0.3) is 0 Å². The Morgan fingerprint density at radius 1 is 1.24 bits per heavy atom. The molecule has 2 saturated heterocycles. The molecule has 3 aliphatic heterocycles. The summed E-state index contributed by atoms with van der Waals surface area (Å²) in [5, 5.41) is 0. The highest BCUT2D eigenvalue weighted by atomic mass is 16.5. The maximum atomic E-state index is 12.7. The first-order chi connectivity index (χ1) is 12.1. The number of likely N-dealkylation sites (tertiary alicyclic amines) is 2. The van der Waals surface area contributed by atoms with E-state index in [1.807, 2.05) is 11.0 Å². The number of rotatable bonds is 3. The molecule has 0 bridgehead atoms. The number of benzene rings is 1. The number of ether oxygens (including phenoxy) is 1. The first-order valence-corrected chi connectivity index (χ1v) is 9.13. The largest absolute Gasteiger partial charge is 0.365 e. The van der Waals surface area contributed by atoms with Crippen molar-refractivity contribution in [3.05, 3.63) is 35.4 Å². The van der Waals surface area contributed by atoms with E-state index >= 15 is 0 Å². The molecule has 0 aliphatic carbocycles. The zero-order valence-electron chi connectivity index (χ0n) is 14.4. The molecular formula is C19H25N3O3. The smallest absolute Gasteiger partial charge is 0.241 e. The average molecular weight is 343 g/mol. The molecule has 134 valence electrons. The lowest BCUT2D eigenvalue weighted by atomic mass is 9.83. The lowest BCUT2D eigenvalue weighted by Gasteiger charge is -2.40. The monoisotopic (exact) mass is 343 g/mol. The minimum absolute atomic E-state index is 0.0548. The van der Waals surface area contributed by atoms with Crippen molar-refractivity contribution in [3.63, 3.8) is 0 Å². The molecule has 3 heterocycles. The van der Waals surface area contributed by atoms with E-state index in [1.54, 1.807) is 4.90 Å². The zero-order chi connectivity index (χ0) is 17.4. The molecular weight excluding hydrogens is 318 g/mol. The Morgan fingerprint density at radius 3 is 2.72 bits per heavy atom. The van der Waals surface area contributed by atoms with E-state index in [1.165, 1.54) is 11.1 Å². The predicted octanol–water partition coefficient (Wildman–Crippen LogP) is 0.984. The van der Waals surface area contributed by atoms with Crippen LogP contribution in [0.5, 0.6) is 0 Å². The van der Waals surface area contributed by atoms with Gasteiger partial charge in [-0.25, -0.2) is 0 Å². The number of fused-ring (bicyclic) bond motifs is 2. The normalized spacial score (nSPS) is 23.2. The summed E-state index contributed by atoms with van der Waals surface area (Å²) < 4.78 is 6.14. The van der Waals surface area contributed by atoms with Crippen molar-refractivity contribution < 1.29 is 14.3 Å². The Morgan fingerprint density at radius 2 is 2.00 bits per heavy atom. The predicted molar refractivity (Wildman–Crippen MR) is 92.5 cm³/mol. The SMILES string of the molecule is N[C@@H](CN1CCCC1=O)C(=O)N1CCC2(CC1)OCc1ccccc12. The molecule has 3 aliphatic rings. The zero-order valence-corrected chi connectivity index (χ0v) is 14.4. The number of nitrogens with two attached hydrogens (primary N) is 1. The molecule has 0 saturated carbocycles. The summed E-state index contributed by atoms with van der Waals surface area (Å²) in [5.41, 5.74) is 8.38. The molecule has 4 rings (SSSR count). The Kier molecular flexibility index (Phi) is 4.25. The van der Waals surface area contributed by atoms with Gasteiger partial charge in [-0.2, -0.15) is 0 Å². The van der Waals surface area contributed by atoms with Crippen molar-refractivity contribution in [1.82, 2.24) is 9.80 Å². The average Bonchev–Trinajstić information content (AvgIpc) is 3.20. The molecule has 1 atom stereocenters. The number of piperidine rings is 1. The Bertz CT molecular complexity index is 682. The highest BCUT2D eigenvalue weighted by Gasteiger charge is 2.43. The molecule has 6 heteroatoms. The van der Waals surface area contributed by atoms with E-state index in [9.17, 15) is 9.59 Å². The molecule has 1 aromatic rings. The number of hydrogen-bond acceptors (Lipinski definition) is 4. The first kappa shape index (κ1) is 16.5. The molecule has 25 heavy (non-hydrogen) atoms. The summed E-state index contributed by atoms with van der Waals surface area (Å²) in [6.45, 7) is 3.00. The van der Waals surface area contributed by atoms with E-state index in [-0.39, 0.29) is 17.4 Å². The van der Waals surface area contributed by atoms with Crippen LogP contribution < -0.4 is 5.73 Å². The van der Waals surface area contributed by atoms with Gasteiger partial charge in [-0.3, -0.25) is 9.59 Å². The van der Waals surface area contributed by atoms with Crippen LogP contribution in [0.15, 0.2) is 24.3 Å². The Balaban J connectivity index is 1.37. The van der Waals surface area contributed by atoms with E-state index in [0.29, 0.717) is 39.2 Å². The van der Waals surface area contributed by atoms with Crippen molar-refractivity contribution >= 4 is 11.8 Å². The first-order valence-electron chi connectivity index (χ1n) is 9.13. The van der Waals surface area contributed by atoms with E-state index in [0.717, 1.165) is 19.3 Å². The third-order valence-corrected chi connectivity index (χ3v) is 5.80. The second-order valence-corrected chi connectivity index (χ2v) is 7.32. The third kappa shape index (κ3) is 2.93. The topological polar surface area (TPSA) is 75.9 Å². The summed E-state index contributed by atoms with van der Waals surface area (Å²) in [7, 11) is 0. The lowest BCUT2D eigenvalue weighted by Crippen LogP contribution is -2.53. The number of carbonyl (C=O) groups excluding carboxylic acids is 2. The van der Waals surface area contributed by atoms with Gasteiger partial charge in [0.1, 0.15) is 6.04 Å². The minimum atomic E-state index is -0.632. The van der Waals surface area contributed by atoms with Gasteiger partial charge < -0.3 is 20.3 Å². The van der Waals surface area contributed by atoms with Crippen LogP contribution in [0.2, 0.25) is 0 Å². The van der Waals surface area contributed by atoms with Gasteiger partial charge in [0.05, 0.1) is 12.2 Å². The van der Waals surface area contributed by atoms with Crippen LogP contribution in [0.25, 0.3) is 0 Å². The summed E-state index contributed by atoms with van der Waals surface area (Å²) in [6, 6.07) is 7.72. The number of amides is 2. The highest BCUT2D eigenvalue weighted by molar-refractivity contribution is 5.84. The van der Waals surface area contributed by atoms with Gasteiger partial charge in [-0.05, 0) is 30.4 Å². The molecule has 1 spiro atoms. The number of hydrogen-bond donors (Lipinski definition) is 1. The van der Waals surface area contributed by atoms with Gasteiger partial charge in [-0.1, -0.05) is 24.3 Å². The summed E-state index contributed by atoms with van der Waals surface area (Å²) >= 11 is 0. The molecule has 6 nitrogen and oxygen atoms in total. The minimum Gasteiger partial charge on any atom is -0.365 e.